The molecule has 1 aliphatic carbocycles. The number of thiophene rings is 1. The van der Waals surface area contributed by atoms with Gasteiger partial charge in [0, 0.05) is 17.3 Å². The lowest BCUT2D eigenvalue weighted by molar-refractivity contribution is -0.113. The van der Waals surface area contributed by atoms with Crippen molar-refractivity contribution in [3.8, 4) is 0 Å². The molecule has 1 N–H and O–H groups in total. The first-order valence-corrected chi connectivity index (χ1v) is 8.91. The minimum atomic E-state index is -0.390. The van der Waals surface area contributed by atoms with Crippen LogP contribution < -0.4 is 5.32 Å². The third-order valence-electron chi connectivity index (χ3n) is 3.44. The molecule has 23 heavy (non-hydrogen) atoms. The fourth-order valence-corrected chi connectivity index (χ4v) is 4.36. The molecule has 2 heterocycles. The first-order valence-electron chi connectivity index (χ1n) is 7.11. The molecule has 0 bridgehead atoms. The predicted octanol–water partition coefficient (Wildman–Crippen LogP) is 2.54. The van der Waals surface area contributed by atoms with E-state index in [2.05, 4.69) is 15.3 Å². The summed E-state index contributed by atoms with van der Waals surface area (Å²) in [6, 6.07) is 1.72. The number of nitrogens with zero attached hydrogens (tertiary/aromatic N) is 2. The van der Waals surface area contributed by atoms with Crippen molar-refractivity contribution in [1.82, 2.24) is 9.97 Å². The first-order chi connectivity index (χ1) is 11.2. The van der Waals surface area contributed by atoms with Gasteiger partial charge in [0.2, 0.25) is 5.91 Å². The van der Waals surface area contributed by atoms with Gasteiger partial charge < -0.3 is 10.1 Å². The Balaban J connectivity index is 1.70. The highest BCUT2D eigenvalue weighted by atomic mass is 32.2. The number of aryl methyl sites for hydroxylation is 1. The molecule has 1 amide bonds. The fourth-order valence-electron chi connectivity index (χ4n) is 2.46. The summed E-state index contributed by atoms with van der Waals surface area (Å²) < 4.78 is 4.86. The number of nitrogens with one attached hydrogen (secondary N) is 1. The largest absolute Gasteiger partial charge is 0.465 e. The Hall–Kier alpha value is -1.93. The minimum Gasteiger partial charge on any atom is -0.465 e. The molecular formula is C15H15N3O3S2. The van der Waals surface area contributed by atoms with E-state index in [0.717, 1.165) is 24.8 Å². The molecule has 0 unspecified atom stereocenters. The zero-order chi connectivity index (χ0) is 16.2. The van der Waals surface area contributed by atoms with Gasteiger partial charge in [0.15, 0.2) is 5.16 Å². The molecule has 2 aromatic rings. The van der Waals surface area contributed by atoms with Crippen LogP contribution in [0.5, 0.6) is 0 Å². The van der Waals surface area contributed by atoms with Gasteiger partial charge in [-0.25, -0.2) is 14.8 Å². The second kappa shape index (κ2) is 7.10. The molecule has 0 atom stereocenters. The second-order valence-electron chi connectivity index (χ2n) is 4.92. The number of esters is 1. The molecular weight excluding hydrogens is 334 g/mol. The van der Waals surface area contributed by atoms with Gasteiger partial charge in [-0.1, -0.05) is 11.8 Å². The van der Waals surface area contributed by atoms with Gasteiger partial charge in [-0.2, -0.15) is 0 Å². The number of thioether (sulfide) groups is 1. The number of rotatable bonds is 5. The number of methoxy groups -OCH3 is 1. The van der Waals surface area contributed by atoms with E-state index < -0.39 is 5.97 Å². The average Bonchev–Trinajstić information content (AvgIpc) is 3.14. The molecule has 0 saturated heterocycles. The molecule has 1 aliphatic rings. The van der Waals surface area contributed by atoms with Crippen LogP contribution in [0, 0.1) is 0 Å². The van der Waals surface area contributed by atoms with Crippen LogP contribution in [-0.4, -0.2) is 34.7 Å². The number of fused-ring (bicyclic) bond motifs is 1. The summed E-state index contributed by atoms with van der Waals surface area (Å²) in [5, 5.41) is 3.96. The zero-order valence-electron chi connectivity index (χ0n) is 12.5. The van der Waals surface area contributed by atoms with E-state index in [0.29, 0.717) is 15.7 Å². The normalized spacial score (nSPS) is 12.7. The number of hydrogen-bond acceptors (Lipinski definition) is 7. The Labute approximate surface area is 141 Å². The van der Waals surface area contributed by atoms with Crippen molar-refractivity contribution in [1.29, 1.82) is 0 Å². The summed E-state index contributed by atoms with van der Waals surface area (Å²) in [4.78, 5) is 33.4. The van der Waals surface area contributed by atoms with E-state index in [1.165, 1.54) is 35.1 Å². The Bertz CT molecular complexity index is 731. The lowest BCUT2D eigenvalue weighted by Crippen LogP contribution is -2.16. The summed E-state index contributed by atoms with van der Waals surface area (Å²) in [6.45, 7) is 0. The van der Waals surface area contributed by atoms with Gasteiger partial charge >= 0.3 is 5.97 Å². The topological polar surface area (TPSA) is 81.2 Å². The minimum absolute atomic E-state index is 0.187. The van der Waals surface area contributed by atoms with Crippen molar-refractivity contribution >= 4 is 40.0 Å². The number of aromatic nitrogens is 2. The van der Waals surface area contributed by atoms with E-state index >= 15 is 0 Å². The summed E-state index contributed by atoms with van der Waals surface area (Å²) >= 11 is 2.72. The number of anilines is 1. The Morgan fingerprint density at radius 3 is 2.87 bits per heavy atom. The molecule has 0 spiro atoms. The lowest BCUT2D eigenvalue weighted by atomic mass is 10.1. The highest BCUT2D eigenvalue weighted by Gasteiger charge is 2.27. The highest BCUT2D eigenvalue weighted by Crippen LogP contribution is 2.39. The van der Waals surface area contributed by atoms with Gasteiger partial charge in [0.1, 0.15) is 5.00 Å². The van der Waals surface area contributed by atoms with Gasteiger partial charge in [-0.15, -0.1) is 11.3 Å². The molecule has 8 heteroatoms. The smallest absolute Gasteiger partial charge is 0.341 e. The van der Waals surface area contributed by atoms with Crippen LogP contribution >= 0.6 is 23.1 Å². The molecule has 0 fully saturated rings. The number of hydrogen-bond donors (Lipinski definition) is 1. The number of carbonyl (C=O) groups is 2. The summed E-state index contributed by atoms with van der Waals surface area (Å²) in [5.41, 5.74) is 1.54. The molecule has 120 valence electrons. The van der Waals surface area contributed by atoms with E-state index in [1.54, 1.807) is 18.5 Å². The SMILES string of the molecule is COC(=O)c1c(NC(=O)CSc2ncccn2)sc2c1CCC2. The van der Waals surface area contributed by atoms with Crippen LogP contribution in [0.4, 0.5) is 5.00 Å². The van der Waals surface area contributed by atoms with E-state index in [9.17, 15) is 9.59 Å². The summed E-state index contributed by atoms with van der Waals surface area (Å²) in [7, 11) is 1.36. The molecule has 0 aromatic carbocycles. The molecule has 6 nitrogen and oxygen atoms in total. The second-order valence-corrected chi connectivity index (χ2v) is 6.97. The average molecular weight is 349 g/mol. The van der Waals surface area contributed by atoms with Gasteiger partial charge in [0.05, 0.1) is 18.4 Å². The van der Waals surface area contributed by atoms with Crippen molar-refractivity contribution < 1.29 is 14.3 Å². The number of carbonyl (C=O) groups excluding carboxylic acids is 2. The number of ether oxygens (including phenoxy) is 1. The van der Waals surface area contributed by atoms with Gasteiger partial charge in [0.25, 0.3) is 0 Å². The third-order valence-corrected chi connectivity index (χ3v) is 5.52. The molecule has 2 aromatic heterocycles. The Morgan fingerprint density at radius 2 is 2.13 bits per heavy atom. The molecule has 0 radical (unpaired) electrons. The van der Waals surface area contributed by atoms with Crippen LogP contribution in [-0.2, 0) is 22.4 Å². The van der Waals surface area contributed by atoms with Gasteiger partial charge in [-0.3, -0.25) is 4.79 Å². The third kappa shape index (κ3) is 3.53. The lowest BCUT2D eigenvalue weighted by Gasteiger charge is -2.06. The van der Waals surface area contributed by atoms with Crippen molar-refractivity contribution in [2.24, 2.45) is 0 Å². The van der Waals surface area contributed by atoms with Crippen LogP contribution in [0.15, 0.2) is 23.6 Å². The first kappa shape index (κ1) is 15.9. The predicted molar refractivity (Wildman–Crippen MR) is 89.1 cm³/mol. The van der Waals surface area contributed by atoms with Crippen LogP contribution in [0.2, 0.25) is 0 Å². The van der Waals surface area contributed by atoms with E-state index in [-0.39, 0.29) is 11.7 Å². The molecule has 3 rings (SSSR count). The van der Waals surface area contributed by atoms with Crippen molar-refractivity contribution in [3.63, 3.8) is 0 Å². The van der Waals surface area contributed by atoms with Crippen LogP contribution in [0.1, 0.15) is 27.2 Å². The van der Waals surface area contributed by atoms with Crippen LogP contribution in [0.25, 0.3) is 0 Å². The van der Waals surface area contributed by atoms with E-state index in [1.807, 2.05) is 0 Å². The quantitative estimate of drug-likeness (QED) is 0.507. The van der Waals surface area contributed by atoms with Gasteiger partial charge in [-0.05, 0) is 30.9 Å². The molecule has 0 aliphatic heterocycles. The van der Waals surface area contributed by atoms with E-state index in [4.69, 9.17) is 4.74 Å². The van der Waals surface area contributed by atoms with Crippen molar-refractivity contribution in [2.75, 3.05) is 18.2 Å². The summed E-state index contributed by atoms with van der Waals surface area (Å²) in [6.07, 6.45) is 6.12. The number of amides is 1. The van der Waals surface area contributed by atoms with Crippen molar-refractivity contribution in [3.05, 3.63) is 34.5 Å². The zero-order valence-corrected chi connectivity index (χ0v) is 14.1. The summed E-state index contributed by atoms with van der Waals surface area (Å²) in [5.74, 6) is -0.390. The maximum Gasteiger partial charge on any atom is 0.341 e. The molecule has 0 saturated carbocycles. The Morgan fingerprint density at radius 1 is 1.35 bits per heavy atom. The standard InChI is InChI=1S/C15H15N3O3S2/c1-21-14(20)12-9-4-2-5-10(9)23-13(12)18-11(19)8-22-15-16-6-3-7-17-15/h3,6-7H,2,4-5,8H2,1H3,(H,18,19). The highest BCUT2D eigenvalue weighted by molar-refractivity contribution is 7.99. The van der Waals surface area contributed by atoms with Crippen molar-refractivity contribution in [2.45, 2.75) is 24.4 Å². The maximum atomic E-state index is 12.1. The monoisotopic (exact) mass is 349 g/mol. The fraction of sp³-hybridized carbons (Fsp3) is 0.333. The van der Waals surface area contributed by atoms with Crippen LogP contribution in [0.3, 0.4) is 0 Å². The maximum absolute atomic E-state index is 12.1. The Kier molecular flexibility index (Phi) is 4.92.